The van der Waals surface area contributed by atoms with Gasteiger partial charge in [-0.3, -0.25) is 0 Å². The molecule has 0 aliphatic heterocycles. The molecule has 1 nitrogen and oxygen atoms in total. The Morgan fingerprint density at radius 1 is 0.758 bits per heavy atom. The van der Waals surface area contributed by atoms with Crippen molar-refractivity contribution in [2.75, 3.05) is 0 Å². The van der Waals surface area contributed by atoms with E-state index < -0.39 is 18.2 Å². The van der Waals surface area contributed by atoms with Gasteiger partial charge in [-0.2, -0.15) is 8.78 Å². The molecule has 0 amide bonds. The lowest BCUT2D eigenvalue weighted by Crippen LogP contribution is -2.03. The molecule has 0 spiro atoms. The SMILES string of the molecule is CCCCCc1ccc2c(F)c(-c3ccc(-c4ccc(OC(F)F)c(F)c4)cc3)ccc2c1. The van der Waals surface area contributed by atoms with E-state index in [4.69, 9.17) is 0 Å². The summed E-state index contributed by atoms with van der Waals surface area (Å²) in [5.41, 5.74) is 3.59. The summed E-state index contributed by atoms with van der Waals surface area (Å²) in [6, 6.07) is 20.4. The third-order valence-electron chi connectivity index (χ3n) is 5.76. The number of benzene rings is 4. The fourth-order valence-electron chi connectivity index (χ4n) is 4.01. The van der Waals surface area contributed by atoms with Crippen LogP contribution in [0.5, 0.6) is 5.75 Å². The average molecular weight is 452 g/mol. The first-order chi connectivity index (χ1) is 16.0. The second-order valence-electron chi connectivity index (χ2n) is 8.04. The van der Waals surface area contributed by atoms with Crippen LogP contribution in [0.1, 0.15) is 31.7 Å². The zero-order chi connectivity index (χ0) is 23.4. The van der Waals surface area contributed by atoms with E-state index in [1.165, 1.54) is 24.1 Å². The van der Waals surface area contributed by atoms with E-state index in [-0.39, 0.29) is 5.82 Å². The van der Waals surface area contributed by atoms with Crippen LogP contribution < -0.4 is 4.74 Å². The van der Waals surface area contributed by atoms with E-state index in [0.29, 0.717) is 27.6 Å². The Labute approximate surface area is 190 Å². The summed E-state index contributed by atoms with van der Waals surface area (Å²) in [5, 5.41) is 1.45. The number of hydrogen-bond donors (Lipinski definition) is 0. The lowest BCUT2D eigenvalue weighted by atomic mass is 9.96. The van der Waals surface area contributed by atoms with Crippen LogP contribution in [0, 0.1) is 11.6 Å². The van der Waals surface area contributed by atoms with Crippen molar-refractivity contribution in [2.24, 2.45) is 0 Å². The van der Waals surface area contributed by atoms with Gasteiger partial charge in [0.15, 0.2) is 11.6 Å². The topological polar surface area (TPSA) is 9.23 Å². The molecule has 0 aliphatic carbocycles. The highest BCUT2D eigenvalue weighted by atomic mass is 19.3. The Morgan fingerprint density at radius 3 is 2.18 bits per heavy atom. The molecule has 33 heavy (non-hydrogen) atoms. The highest BCUT2D eigenvalue weighted by Gasteiger charge is 2.13. The number of rotatable bonds is 8. The molecule has 0 fully saturated rings. The minimum atomic E-state index is -3.09. The van der Waals surface area contributed by atoms with E-state index >= 15 is 4.39 Å². The van der Waals surface area contributed by atoms with E-state index in [0.717, 1.165) is 30.7 Å². The van der Waals surface area contributed by atoms with Crippen molar-refractivity contribution in [3.63, 3.8) is 0 Å². The van der Waals surface area contributed by atoms with Gasteiger partial charge in [0.25, 0.3) is 0 Å². The summed E-state index contributed by atoms with van der Waals surface area (Å²) in [7, 11) is 0. The second-order valence-corrected chi connectivity index (χ2v) is 8.04. The van der Waals surface area contributed by atoms with Crippen LogP contribution in [0.15, 0.2) is 72.8 Å². The normalized spacial score (nSPS) is 11.3. The van der Waals surface area contributed by atoms with Crippen molar-refractivity contribution in [1.29, 1.82) is 0 Å². The minimum absolute atomic E-state index is 0.278. The van der Waals surface area contributed by atoms with Gasteiger partial charge in [0.2, 0.25) is 0 Å². The van der Waals surface area contributed by atoms with Crippen molar-refractivity contribution in [1.82, 2.24) is 0 Å². The van der Waals surface area contributed by atoms with Crippen LogP contribution in [-0.4, -0.2) is 6.61 Å². The third kappa shape index (κ3) is 5.19. The zero-order valence-electron chi connectivity index (χ0n) is 18.3. The number of halogens is 4. The quantitative estimate of drug-likeness (QED) is 0.192. The van der Waals surface area contributed by atoms with Crippen LogP contribution in [0.2, 0.25) is 0 Å². The Balaban J connectivity index is 1.58. The Hall–Kier alpha value is -3.34. The predicted octanol–water partition coefficient (Wildman–Crippen LogP) is 8.79. The number of fused-ring (bicyclic) bond motifs is 1. The molecule has 0 radical (unpaired) electrons. The Kier molecular flexibility index (Phi) is 6.97. The smallest absolute Gasteiger partial charge is 0.387 e. The number of alkyl halides is 2. The maximum Gasteiger partial charge on any atom is 0.387 e. The zero-order valence-corrected chi connectivity index (χ0v) is 18.3. The highest BCUT2D eigenvalue weighted by Crippen LogP contribution is 2.32. The van der Waals surface area contributed by atoms with Crippen molar-refractivity contribution >= 4 is 10.8 Å². The highest BCUT2D eigenvalue weighted by molar-refractivity contribution is 5.89. The summed E-state index contributed by atoms with van der Waals surface area (Å²) >= 11 is 0. The first kappa shape index (κ1) is 22.8. The molecule has 0 heterocycles. The molecular formula is C28H24F4O. The van der Waals surface area contributed by atoms with E-state index in [1.807, 2.05) is 18.2 Å². The Bertz CT molecular complexity index is 1250. The number of aryl methyl sites for hydroxylation is 1. The van der Waals surface area contributed by atoms with Crippen molar-refractivity contribution in [3.05, 3.63) is 90.0 Å². The van der Waals surface area contributed by atoms with Crippen LogP contribution in [0.25, 0.3) is 33.0 Å². The van der Waals surface area contributed by atoms with E-state index in [9.17, 15) is 13.2 Å². The van der Waals surface area contributed by atoms with Gasteiger partial charge in [-0.15, -0.1) is 0 Å². The lowest BCUT2D eigenvalue weighted by Gasteiger charge is -2.11. The van der Waals surface area contributed by atoms with E-state index in [2.05, 4.69) is 17.7 Å². The van der Waals surface area contributed by atoms with Gasteiger partial charge in [0, 0.05) is 10.9 Å². The molecule has 0 aliphatic rings. The fraction of sp³-hybridized carbons (Fsp3) is 0.214. The first-order valence-corrected chi connectivity index (χ1v) is 11.0. The summed E-state index contributed by atoms with van der Waals surface area (Å²) in [5.74, 6) is -1.65. The van der Waals surface area contributed by atoms with Crippen molar-refractivity contribution in [3.8, 4) is 28.0 Å². The van der Waals surface area contributed by atoms with Gasteiger partial charge in [-0.25, -0.2) is 8.78 Å². The molecule has 0 saturated carbocycles. The van der Waals surface area contributed by atoms with Gasteiger partial charge in [0.1, 0.15) is 5.82 Å². The van der Waals surface area contributed by atoms with E-state index in [1.54, 1.807) is 30.3 Å². The van der Waals surface area contributed by atoms with Crippen molar-refractivity contribution < 1.29 is 22.3 Å². The molecule has 4 rings (SSSR count). The summed E-state index contributed by atoms with van der Waals surface area (Å²) in [6.07, 6.45) is 4.46. The number of ether oxygens (including phenoxy) is 1. The first-order valence-electron chi connectivity index (χ1n) is 11.0. The maximum atomic E-state index is 15.3. The van der Waals surface area contributed by atoms with Gasteiger partial charge < -0.3 is 4.74 Å². The number of hydrogen-bond acceptors (Lipinski definition) is 1. The van der Waals surface area contributed by atoms with Crippen LogP contribution in [0.4, 0.5) is 17.6 Å². The van der Waals surface area contributed by atoms with Crippen LogP contribution in [-0.2, 0) is 6.42 Å². The molecule has 4 aromatic carbocycles. The summed E-state index contributed by atoms with van der Waals surface area (Å²) in [4.78, 5) is 0. The molecule has 4 aromatic rings. The van der Waals surface area contributed by atoms with Gasteiger partial charge in [0.05, 0.1) is 0 Å². The average Bonchev–Trinajstić information content (AvgIpc) is 2.81. The second kappa shape index (κ2) is 10.1. The molecule has 0 unspecified atom stereocenters. The maximum absolute atomic E-state index is 15.3. The molecule has 0 aromatic heterocycles. The van der Waals surface area contributed by atoms with Gasteiger partial charge in [-0.1, -0.05) is 80.4 Å². The molecule has 0 bridgehead atoms. The third-order valence-corrected chi connectivity index (χ3v) is 5.76. The van der Waals surface area contributed by atoms with Gasteiger partial charge >= 0.3 is 6.61 Å². The monoisotopic (exact) mass is 452 g/mol. The number of unbranched alkanes of at least 4 members (excludes halogenated alkanes) is 2. The van der Waals surface area contributed by atoms with Crippen molar-refractivity contribution in [2.45, 2.75) is 39.2 Å². The molecule has 170 valence electrons. The lowest BCUT2D eigenvalue weighted by molar-refractivity contribution is -0.0521. The molecule has 0 atom stereocenters. The molecule has 0 saturated heterocycles. The van der Waals surface area contributed by atoms with Crippen LogP contribution in [0.3, 0.4) is 0 Å². The summed E-state index contributed by atoms with van der Waals surface area (Å²) in [6.45, 7) is -0.918. The minimum Gasteiger partial charge on any atom is -0.432 e. The fourth-order valence-corrected chi connectivity index (χ4v) is 4.01. The molecule has 5 heteroatoms. The van der Waals surface area contributed by atoms with Gasteiger partial charge in [-0.05, 0) is 52.6 Å². The molecule has 0 N–H and O–H groups in total. The summed E-state index contributed by atoms with van der Waals surface area (Å²) < 4.78 is 58.1. The molecular weight excluding hydrogens is 428 g/mol. The van der Waals surface area contributed by atoms with Crippen LogP contribution >= 0.6 is 0 Å². The standard InChI is InChI=1S/C28H24F4O/c1-2-3-4-5-18-6-13-24-22(16-18)11-14-23(27(24)30)20-9-7-19(8-10-20)21-12-15-26(25(29)17-21)33-28(31)32/h6-17,28H,2-5H2,1H3. The largest absolute Gasteiger partial charge is 0.432 e. The predicted molar refractivity (Wildman–Crippen MR) is 125 cm³/mol. The Morgan fingerprint density at radius 2 is 1.48 bits per heavy atom.